The van der Waals surface area contributed by atoms with Gasteiger partial charge in [-0.1, -0.05) is 13.8 Å². The fourth-order valence-corrected chi connectivity index (χ4v) is 1.38. The molecule has 5 heteroatoms. The molecule has 0 radical (unpaired) electrons. The van der Waals surface area contributed by atoms with Crippen LogP contribution in [0.2, 0.25) is 0 Å². The molecule has 1 aromatic heterocycles. The van der Waals surface area contributed by atoms with Crippen molar-refractivity contribution in [2.45, 2.75) is 33.7 Å². The fraction of sp³-hybridized carbons (Fsp3) is 0.818. The SMILES string of the molecule is COCCC(C)(C)CNCc1nnc(C)o1. The third-order valence-electron chi connectivity index (χ3n) is 2.43. The van der Waals surface area contributed by atoms with Gasteiger partial charge in [-0.3, -0.25) is 0 Å². The maximum absolute atomic E-state index is 5.27. The maximum atomic E-state index is 5.27. The summed E-state index contributed by atoms with van der Waals surface area (Å²) in [5.41, 5.74) is 0.213. The van der Waals surface area contributed by atoms with Crippen molar-refractivity contribution >= 4 is 0 Å². The van der Waals surface area contributed by atoms with Crippen molar-refractivity contribution in [3.63, 3.8) is 0 Å². The van der Waals surface area contributed by atoms with Crippen molar-refractivity contribution < 1.29 is 9.15 Å². The molecule has 0 aliphatic rings. The Morgan fingerprint density at radius 3 is 2.69 bits per heavy atom. The predicted molar refractivity (Wildman–Crippen MR) is 61.0 cm³/mol. The number of aromatic nitrogens is 2. The molecule has 16 heavy (non-hydrogen) atoms. The average Bonchev–Trinajstić information content (AvgIpc) is 2.61. The minimum Gasteiger partial charge on any atom is -0.424 e. The number of nitrogens with one attached hydrogen (secondary N) is 1. The van der Waals surface area contributed by atoms with Crippen LogP contribution in [0.3, 0.4) is 0 Å². The third kappa shape index (κ3) is 4.72. The molecule has 1 heterocycles. The summed E-state index contributed by atoms with van der Waals surface area (Å²) in [6.45, 7) is 8.51. The molecule has 0 amide bonds. The summed E-state index contributed by atoms with van der Waals surface area (Å²) in [7, 11) is 1.73. The van der Waals surface area contributed by atoms with Crippen LogP contribution < -0.4 is 5.32 Å². The second-order valence-corrected chi connectivity index (χ2v) is 4.73. The molecule has 0 aromatic carbocycles. The van der Waals surface area contributed by atoms with E-state index in [1.165, 1.54) is 0 Å². The zero-order valence-corrected chi connectivity index (χ0v) is 10.5. The Balaban J connectivity index is 2.24. The van der Waals surface area contributed by atoms with Gasteiger partial charge in [0.2, 0.25) is 11.8 Å². The maximum Gasteiger partial charge on any atom is 0.230 e. The quantitative estimate of drug-likeness (QED) is 0.765. The number of nitrogens with zero attached hydrogens (tertiary/aromatic N) is 2. The van der Waals surface area contributed by atoms with Gasteiger partial charge in [0, 0.05) is 27.2 Å². The Morgan fingerprint density at radius 2 is 2.12 bits per heavy atom. The van der Waals surface area contributed by atoms with E-state index in [9.17, 15) is 0 Å². The lowest BCUT2D eigenvalue weighted by atomic mass is 9.90. The second kappa shape index (κ2) is 5.96. The van der Waals surface area contributed by atoms with E-state index in [2.05, 4.69) is 29.4 Å². The highest BCUT2D eigenvalue weighted by Crippen LogP contribution is 2.18. The van der Waals surface area contributed by atoms with Crippen LogP contribution in [-0.4, -0.2) is 30.5 Å². The van der Waals surface area contributed by atoms with Gasteiger partial charge in [-0.15, -0.1) is 10.2 Å². The van der Waals surface area contributed by atoms with Crippen LogP contribution in [0.4, 0.5) is 0 Å². The van der Waals surface area contributed by atoms with Crippen molar-refractivity contribution in [1.82, 2.24) is 15.5 Å². The summed E-state index contributed by atoms with van der Waals surface area (Å²) >= 11 is 0. The lowest BCUT2D eigenvalue weighted by Crippen LogP contribution is -2.30. The van der Waals surface area contributed by atoms with E-state index in [4.69, 9.17) is 9.15 Å². The van der Waals surface area contributed by atoms with E-state index in [0.29, 0.717) is 18.3 Å². The van der Waals surface area contributed by atoms with Crippen molar-refractivity contribution in [3.8, 4) is 0 Å². The van der Waals surface area contributed by atoms with E-state index >= 15 is 0 Å². The van der Waals surface area contributed by atoms with Crippen molar-refractivity contribution in [2.75, 3.05) is 20.3 Å². The van der Waals surface area contributed by atoms with E-state index in [1.807, 2.05) is 0 Å². The van der Waals surface area contributed by atoms with Gasteiger partial charge in [0.1, 0.15) is 0 Å². The van der Waals surface area contributed by atoms with Crippen LogP contribution in [0.5, 0.6) is 0 Å². The summed E-state index contributed by atoms with van der Waals surface area (Å²) in [6.07, 6.45) is 1.03. The van der Waals surface area contributed by atoms with Gasteiger partial charge in [-0.2, -0.15) is 0 Å². The molecule has 0 saturated carbocycles. The van der Waals surface area contributed by atoms with Crippen molar-refractivity contribution in [2.24, 2.45) is 5.41 Å². The number of aryl methyl sites for hydroxylation is 1. The number of rotatable bonds is 7. The van der Waals surface area contributed by atoms with E-state index in [-0.39, 0.29) is 5.41 Å². The van der Waals surface area contributed by atoms with Crippen LogP contribution >= 0.6 is 0 Å². The Kier molecular flexibility index (Phi) is 4.89. The van der Waals surface area contributed by atoms with Gasteiger partial charge < -0.3 is 14.5 Å². The zero-order chi connectivity index (χ0) is 12.0. The summed E-state index contributed by atoms with van der Waals surface area (Å²) in [4.78, 5) is 0. The molecule has 92 valence electrons. The van der Waals surface area contributed by atoms with E-state index < -0.39 is 0 Å². The molecule has 0 spiro atoms. The molecule has 0 bridgehead atoms. The number of hydrogen-bond acceptors (Lipinski definition) is 5. The third-order valence-corrected chi connectivity index (χ3v) is 2.43. The molecular weight excluding hydrogens is 206 g/mol. The summed E-state index contributed by atoms with van der Waals surface area (Å²) in [5.74, 6) is 1.25. The van der Waals surface area contributed by atoms with E-state index in [1.54, 1.807) is 14.0 Å². The Hall–Kier alpha value is -0.940. The first-order valence-electron chi connectivity index (χ1n) is 5.52. The summed E-state index contributed by atoms with van der Waals surface area (Å²) in [5, 5.41) is 11.0. The zero-order valence-electron chi connectivity index (χ0n) is 10.5. The van der Waals surface area contributed by atoms with Gasteiger partial charge in [0.25, 0.3) is 0 Å². The molecule has 0 atom stereocenters. The van der Waals surface area contributed by atoms with Crippen LogP contribution in [-0.2, 0) is 11.3 Å². The van der Waals surface area contributed by atoms with Crippen LogP contribution in [0, 0.1) is 12.3 Å². The highest BCUT2D eigenvalue weighted by Gasteiger charge is 2.17. The van der Waals surface area contributed by atoms with E-state index in [0.717, 1.165) is 19.6 Å². The van der Waals surface area contributed by atoms with Gasteiger partial charge in [0.05, 0.1) is 6.54 Å². The van der Waals surface area contributed by atoms with Crippen LogP contribution in [0.1, 0.15) is 32.0 Å². The molecule has 0 aliphatic heterocycles. The highest BCUT2D eigenvalue weighted by molar-refractivity contribution is 4.79. The first kappa shape index (κ1) is 13.1. The molecule has 0 saturated heterocycles. The standard InChI is InChI=1S/C11H21N3O2/c1-9-13-14-10(16-9)7-12-8-11(2,3)5-6-15-4/h12H,5-8H2,1-4H3. The van der Waals surface area contributed by atoms with Crippen molar-refractivity contribution in [1.29, 1.82) is 0 Å². The first-order valence-corrected chi connectivity index (χ1v) is 5.52. The molecule has 1 rings (SSSR count). The molecule has 0 aliphatic carbocycles. The lowest BCUT2D eigenvalue weighted by molar-refractivity contribution is 0.150. The van der Waals surface area contributed by atoms with Gasteiger partial charge >= 0.3 is 0 Å². The summed E-state index contributed by atoms with van der Waals surface area (Å²) in [6, 6.07) is 0. The smallest absolute Gasteiger partial charge is 0.230 e. The van der Waals surface area contributed by atoms with Gasteiger partial charge in [-0.05, 0) is 11.8 Å². The normalized spacial score (nSPS) is 12.0. The van der Waals surface area contributed by atoms with Crippen LogP contribution in [0.15, 0.2) is 4.42 Å². The van der Waals surface area contributed by atoms with Gasteiger partial charge in [-0.25, -0.2) is 0 Å². The minimum absolute atomic E-state index is 0.213. The number of hydrogen-bond donors (Lipinski definition) is 1. The highest BCUT2D eigenvalue weighted by atomic mass is 16.5. The average molecular weight is 227 g/mol. The molecule has 1 N–H and O–H groups in total. The Morgan fingerprint density at radius 1 is 1.38 bits per heavy atom. The first-order chi connectivity index (χ1) is 7.53. The number of methoxy groups -OCH3 is 1. The minimum atomic E-state index is 0.213. The molecule has 0 unspecified atom stereocenters. The molecule has 1 aromatic rings. The Labute approximate surface area is 96.6 Å². The fourth-order valence-electron chi connectivity index (χ4n) is 1.38. The van der Waals surface area contributed by atoms with Gasteiger partial charge in [0.15, 0.2) is 0 Å². The largest absolute Gasteiger partial charge is 0.424 e. The Bertz CT molecular complexity index is 310. The summed E-state index contributed by atoms with van der Waals surface area (Å²) < 4.78 is 10.3. The van der Waals surface area contributed by atoms with Crippen molar-refractivity contribution in [3.05, 3.63) is 11.8 Å². The lowest BCUT2D eigenvalue weighted by Gasteiger charge is -2.24. The monoisotopic (exact) mass is 227 g/mol. The topological polar surface area (TPSA) is 60.2 Å². The molecular formula is C11H21N3O2. The van der Waals surface area contributed by atoms with Crippen LogP contribution in [0.25, 0.3) is 0 Å². The second-order valence-electron chi connectivity index (χ2n) is 4.73. The predicted octanol–water partition coefficient (Wildman–Crippen LogP) is 1.53. The molecule has 5 nitrogen and oxygen atoms in total. The number of ether oxygens (including phenoxy) is 1. The molecule has 0 fully saturated rings.